The maximum absolute atomic E-state index is 12.9. The van der Waals surface area contributed by atoms with E-state index in [1.807, 2.05) is 27.7 Å². The van der Waals surface area contributed by atoms with E-state index in [1.165, 1.54) is 12.8 Å². The summed E-state index contributed by atoms with van der Waals surface area (Å²) in [5, 5.41) is 0. The Morgan fingerprint density at radius 3 is 2.09 bits per heavy atom. The van der Waals surface area contributed by atoms with Crippen molar-refractivity contribution in [3.63, 3.8) is 0 Å². The zero-order valence-corrected chi connectivity index (χ0v) is 15.7. The average molecular weight is 326 g/mol. The lowest BCUT2D eigenvalue weighted by Crippen LogP contribution is -2.13. The molecule has 0 aliphatic heterocycles. The summed E-state index contributed by atoms with van der Waals surface area (Å²) in [6, 6.07) is 0. The number of aromatic nitrogens is 2. The topological polar surface area (TPSA) is 25.8 Å². The third-order valence-electron chi connectivity index (χ3n) is 3.95. The Kier molecular flexibility index (Phi) is 9.85. The van der Waals surface area contributed by atoms with Crippen LogP contribution in [-0.4, -0.2) is 16.4 Å². The van der Waals surface area contributed by atoms with Gasteiger partial charge in [0.05, 0.1) is 22.5 Å². The summed E-state index contributed by atoms with van der Waals surface area (Å²) in [7, 11) is 0. The Morgan fingerprint density at radius 1 is 1.22 bits per heavy atom. The minimum absolute atomic E-state index is 0.575. The fourth-order valence-corrected chi connectivity index (χ4v) is 2.02. The van der Waals surface area contributed by atoms with Crippen LogP contribution in [0.3, 0.4) is 0 Å². The van der Waals surface area contributed by atoms with Crippen molar-refractivity contribution in [3.05, 3.63) is 28.9 Å². The number of allylic oxidation sites excluding steroid dienone is 1. The second kappa shape index (κ2) is 10.5. The lowest BCUT2D eigenvalue weighted by molar-refractivity contribution is 0.0819. The standard InChI is InChI=1S/C13H16F2N2.C4H10.C2H6/c1-8(13(4-5-13)12(14)15)6-11-10(3)17-9(2)7-16-11;1-3-4-2;1-2/h6-7,12H,4-5H2,1-3H3;3-4H2,1-2H3;1-2H3/b8-6+;;. The zero-order valence-electron chi connectivity index (χ0n) is 15.7. The fraction of sp³-hybridized carbons (Fsp3) is 0.684. The second-order valence-corrected chi connectivity index (χ2v) is 5.77. The van der Waals surface area contributed by atoms with Crippen molar-refractivity contribution in [1.29, 1.82) is 0 Å². The summed E-state index contributed by atoms with van der Waals surface area (Å²) in [6.45, 7) is 13.8. The Morgan fingerprint density at radius 2 is 1.74 bits per heavy atom. The van der Waals surface area contributed by atoms with E-state index < -0.39 is 11.8 Å². The molecule has 0 radical (unpaired) electrons. The average Bonchev–Trinajstić information content (AvgIpc) is 3.34. The molecule has 2 rings (SSSR count). The van der Waals surface area contributed by atoms with Crippen LogP contribution in [0, 0.1) is 19.3 Å². The first-order valence-corrected chi connectivity index (χ1v) is 8.64. The Balaban J connectivity index is 0.000000705. The summed E-state index contributed by atoms with van der Waals surface area (Å²) in [5.41, 5.74) is 2.15. The molecule has 0 unspecified atom stereocenters. The molecule has 0 saturated heterocycles. The molecule has 132 valence electrons. The molecular weight excluding hydrogens is 294 g/mol. The quantitative estimate of drug-likeness (QED) is 0.642. The van der Waals surface area contributed by atoms with E-state index in [0.717, 1.165) is 11.4 Å². The van der Waals surface area contributed by atoms with E-state index in [0.29, 0.717) is 24.1 Å². The minimum Gasteiger partial charge on any atom is -0.255 e. The van der Waals surface area contributed by atoms with Crippen LogP contribution in [0.1, 0.15) is 77.4 Å². The minimum atomic E-state index is -2.28. The third kappa shape index (κ3) is 6.36. The molecule has 1 aliphatic rings. The molecule has 1 heterocycles. The molecule has 0 spiro atoms. The molecule has 1 aromatic rings. The number of halogens is 2. The Labute approximate surface area is 140 Å². The van der Waals surface area contributed by atoms with Crippen molar-refractivity contribution in [1.82, 2.24) is 9.97 Å². The van der Waals surface area contributed by atoms with Crippen LogP contribution in [-0.2, 0) is 0 Å². The molecule has 1 fully saturated rings. The van der Waals surface area contributed by atoms with Crippen molar-refractivity contribution in [3.8, 4) is 0 Å². The fourth-order valence-electron chi connectivity index (χ4n) is 2.02. The van der Waals surface area contributed by atoms with Crippen molar-refractivity contribution >= 4 is 6.08 Å². The van der Waals surface area contributed by atoms with Gasteiger partial charge >= 0.3 is 0 Å². The highest BCUT2D eigenvalue weighted by Crippen LogP contribution is 2.56. The van der Waals surface area contributed by atoms with Gasteiger partial charge < -0.3 is 0 Å². The van der Waals surface area contributed by atoms with E-state index in [4.69, 9.17) is 0 Å². The molecule has 4 heteroatoms. The predicted molar refractivity (Wildman–Crippen MR) is 94.8 cm³/mol. The van der Waals surface area contributed by atoms with Crippen LogP contribution in [0.5, 0.6) is 0 Å². The molecular formula is C19H32F2N2. The lowest BCUT2D eigenvalue weighted by Gasteiger charge is -2.15. The monoisotopic (exact) mass is 326 g/mol. The van der Waals surface area contributed by atoms with E-state index in [-0.39, 0.29) is 0 Å². The largest absolute Gasteiger partial charge is 0.255 e. The number of nitrogens with zero attached hydrogens (tertiary/aromatic N) is 2. The van der Waals surface area contributed by atoms with Crippen molar-refractivity contribution < 1.29 is 8.78 Å². The van der Waals surface area contributed by atoms with Crippen molar-refractivity contribution in [2.45, 2.75) is 80.6 Å². The molecule has 1 aliphatic carbocycles. The van der Waals surface area contributed by atoms with E-state index >= 15 is 0 Å². The molecule has 0 aromatic carbocycles. The van der Waals surface area contributed by atoms with Crippen LogP contribution < -0.4 is 0 Å². The van der Waals surface area contributed by atoms with Gasteiger partial charge in [0.2, 0.25) is 6.43 Å². The van der Waals surface area contributed by atoms with Crippen molar-refractivity contribution in [2.24, 2.45) is 5.41 Å². The summed E-state index contributed by atoms with van der Waals surface area (Å²) >= 11 is 0. The normalized spacial score (nSPS) is 15.3. The van der Waals surface area contributed by atoms with Crippen LogP contribution in [0.15, 0.2) is 11.8 Å². The van der Waals surface area contributed by atoms with Gasteiger partial charge in [0.15, 0.2) is 0 Å². The first-order chi connectivity index (χ1) is 10.9. The van der Waals surface area contributed by atoms with E-state index in [1.54, 1.807) is 19.2 Å². The first kappa shape index (κ1) is 21.7. The predicted octanol–water partition coefficient (Wildman–Crippen LogP) is 6.37. The highest BCUT2D eigenvalue weighted by atomic mass is 19.3. The first-order valence-electron chi connectivity index (χ1n) is 8.64. The number of alkyl halides is 2. The summed E-state index contributed by atoms with van der Waals surface area (Å²) in [5.74, 6) is 0. The molecule has 1 saturated carbocycles. The van der Waals surface area contributed by atoms with Gasteiger partial charge in [0, 0.05) is 6.20 Å². The van der Waals surface area contributed by atoms with Gasteiger partial charge in [-0.05, 0) is 39.7 Å². The molecule has 0 N–H and O–H groups in total. The molecule has 1 aromatic heterocycles. The van der Waals surface area contributed by atoms with Crippen LogP contribution in [0.4, 0.5) is 8.78 Å². The summed E-state index contributed by atoms with van der Waals surface area (Å²) in [4.78, 5) is 8.51. The molecule has 0 atom stereocenters. The Bertz CT molecular complexity index is 490. The van der Waals surface area contributed by atoms with Crippen LogP contribution >= 0.6 is 0 Å². The number of rotatable bonds is 4. The molecule has 0 bridgehead atoms. The van der Waals surface area contributed by atoms with Gasteiger partial charge in [-0.3, -0.25) is 9.97 Å². The van der Waals surface area contributed by atoms with Gasteiger partial charge in [-0.25, -0.2) is 8.78 Å². The maximum atomic E-state index is 12.9. The zero-order chi connectivity index (χ0) is 18.0. The highest BCUT2D eigenvalue weighted by Gasteiger charge is 2.52. The van der Waals surface area contributed by atoms with Gasteiger partial charge in [0.25, 0.3) is 0 Å². The highest BCUT2D eigenvalue weighted by molar-refractivity contribution is 5.53. The van der Waals surface area contributed by atoms with Crippen LogP contribution in [0.2, 0.25) is 0 Å². The second-order valence-electron chi connectivity index (χ2n) is 5.77. The number of aryl methyl sites for hydroxylation is 2. The van der Waals surface area contributed by atoms with Gasteiger partial charge in [0.1, 0.15) is 0 Å². The van der Waals surface area contributed by atoms with Crippen molar-refractivity contribution in [2.75, 3.05) is 0 Å². The number of unbranched alkanes of at least 4 members (excludes halogenated alkanes) is 1. The molecule has 23 heavy (non-hydrogen) atoms. The Hall–Kier alpha value is -1.32. The SMILES string of the molecule is C/C(=C\c1ncc(C)nc1C)C1(C(F)F)CC1.CC.CCCC. The third-order valence-corrected chi connectivity index (χ3v) is 3.95. The van der Waals surface area contributed by atoms with Gasteiger partial charge in [-0.1, -0.05) is 46.1 Å². The summed E-state index contributed by atoms with van der Waals surface area (Å²) in [6.07, 6.45) is 4.92. The maximum Gasteiger partial charge on any atom is 0.247 e. The molecule has 0 amide bonds. The van der Waals surface area contributed by atoms with E-state index in [9.17, 15) is 8.78 Å². The molecule has 2 nitrogen and oxygen atoms in total. The smallest absolute Gasteiger partial charge is 0.247 e. The van der Waals surface area contributed by atoms with Crippen LogP contribution in [0.25, 0.3) is 6.08 Å². The summed E-state index contributed by atoms with van der Waals surface area (Å²) < 4.78 is 25.8. The van der Waals surface area contributed by atoms with Gasteiger partial charge in [-0.2, -0.15) is 0 Å². The number of hydrogen-bond donors (Lipinski definition) is 0. The van der Waals surface area contributed by atoms with E-state index in [2.05, 4.69) is 23.8 Å². The lowest BCUT2D eigenvalue weighted by atomic mass is 9.96. The number of hydrogen-bond acceptors (Lipinski definition) is 2. The van der Waals surface area contributed by atoms with Gasteiger partial charge in [-0.15, -0.1) is 0 Å².